The minimum absolute atomic E-state index is 0.0964. The minimum Gasteiger partial charge on any atom is -0.326 e. The summed E-state index contributed by atoms with van der Waals surface area (Å²) in [6.45, 7) is 6.09. The SMILES string of the molecule is Cc1cc(C)c(N2CC(C(=O)Nc3ccc(C)c(Cl)c3)CC2=O)c(Cl)c1. The van der Waals surface area contributed by atoms with E-state index in [4.69, 9.17) is 23.2 Å². The Morgan fingerprint density at radius 2 is 1.81 bits per heavy atom. The number of benzene rings is 2. The molecule has 0 bridgehead atoms. The zero-order chi connectivity index (χ0) is 19.0. The third kappa shape index (κ3) is 3.71. The van der Waals surface area contributed by atoms with Gasteiger partial charge in [-0.3, -0.25) is 9.59 Å². The third-order valence-corrected chi connectivity index (χ3v) is 5.30. The van der Waals surface area contributed by atoms with Gasteiger partial charge in [0.05, 0.1) is 16.6 Å². The second kappa shape index (κ2) is 7.29. The number of halogens is 2. The average Bonchev–Trinajstić information content (AvgIpc) is 2.92. The van der Waals surface area contributed by atoms with Crippen molar-refractivity contribution in [2.45, 2.75) is 27.2 Å². The van der Waals surface area contributed by atoms with Crippen LogP contribution in [0, 0.1) is 26.7 Å². The monoisotopic (exact) mass is 390 g/mol. The van der Waals surface area contributed by atoms with Crippen LogP contribution < -0.4 is 10.2 Å². The second-order valence-corrected chi connectivity index (χ2v) is 7.59. The molecular weight excluding hydrogens is 371 g/mol. The van der Waals surface area contributed by atoms with Gasteiger partial charge in [-0.15, -0.1) is 0 Å². The van der Waals surface area contributed by atoms with Crippen molar-refractivity contribution in [3.05, 3.63) is 57.1 Å². The predicted molar refractivity (Wildman–Crippen MR) is 106 cm³/mol. The first-order valence-corrected chi connectivity index (χ1v) is 9.16. The van der Waals surface area contributed by atoms with Crippen LogP contribution >= 0.6 is 23.2 Å². The summed E-state index contributed by atoms with van der Waals surface area (Å²) in [5, 5.41) is 3.97. The molecule has 0 saturated carbocycles. The maximum atomic E-state index is 12.6. The molecule has 2 aromatic carbocycles. The van der Waals surface area contributed by atoms with Crippen LogP contribution in [-0.4, -0.2) is 18.4 Å². The van der Waals surface area contributed by atoms with E-state index in [1.165, 1.54) is 0 Å². The van der Waals surface area contributed by atoms with Crippen molar-refractivity contribution in [1.29, 1.82) is 0 Å². The number of aryl methyl sites for hydroxylation is 3. The molecule has 1 unspecified atom stereocenters. The highest BCUT2D eigenvalue weighted by Crippen LogP contribution is 2.35. The maximum Gasteiger partial charge on any atom is 0.229 e. The number of nitrogens with zero attached hydrogens (tertiary/aromatic N) is 1. The standard InChI is InChI=1S/C20H20Cl2N2O2/c1-11-6-13(3)19(17(22)7-11)24-10-14(8-18(24)25)20(26)23-15-5-4-12(2)16(21)9-15/h4-7,9,14H,8,10H2,1-3H3,(H,23,26). The molecule has 6 heteroatoms. The van der Waals surface area contributed by atoms with E-state index >= 15 is 0 Å². The van der Waals surface area contributed by atoms with Crippen LogP contribution in [0.25, 0.3) is 0 Å². The summed E-state index contributed by atoms with van der Waals surface area (Å²) in [7, 11) is 0. The number of carbonyl (C=O) groups excluding carboxylic acids is 2. The Bertz CT molecular complexity index is 872. The Morgan fingerprint density at radius 1 is 1.08 bits per heavy atom. The molecular formula is C20H20Cl2N2O2. The summed E-state index contributed by atoms with van der Waals surface area (Å²) >= 11 is 12.5. The number of hydrogen-bond acceptors (Lipinski definition) is 2. The van der Waals surface area contributed by atoms with E-state index in [9.17, 15) is 9.59 Å². The topological polar surface area (TPSA) is 49.4 Å². The number of anilines is 2. The van der Waals surface area contributed by atoms with Gasteiger partial charge in [0.1, 0.15) is 0 Å². The van der Waals surface area contributed by atoms with Gasteiger partial charge in [0.15, 0.2) is 0 Å². The molecule has 1 aliphatic heterocycles. The van der Waals surface area contributed by atoms with Gasteiger partial charge in [-0.05, 0) is 55.7 Å². The average molecular weight is 391 g/mol. The number of nitrogens with one attached hydrogen (secondary N) is 1. The highest BCUT2D eigenvalue weighted by atomic mass is 35.5. The van der Waals surface area contributed by atoms with Crippen LogP contribution in [0.15, 0.2) is 30.3 Å². The molecule has 1 N–H and O–H groups in total. The van der Waals surface area contributed by atoms with Crippen molar-refractivity contribution in [3.8, 4) is 0 Å². The largest absolute Gasteiger partial charge is 0.326 e. The highest BCUT2D eigenvalue weighted by molar-refractivity contribution is 6.34. The molecule has 1 fully saturated rings. The molecule has 4 nitrogen and oxygen atoms in total. The van der Waals surface area contributed by atoms with Crippen molar-refractivity contribution in [1.82, 2.24) is 0 Å². The van der Waals surface area contributed by atoms with Crippen molar-refractivity contribution >= 4 is 46.4 Å². The Labute approximate surface area is 163 Å². The zero-order valence-corrected chi connectivity index (χ0v) is 16.4. The molecule has 1 heterocycles. The van der Waals surface area contributed by atoms with Crippen LogP contribution in [0.2, 0.25) is 10.0 Å². The van der Waals surface area contributed by atoms with Crippen molar-refractivity contribution in [2.24, 2.45) is 5.92 Å². The van der Waals surface area contributed by atoms with E-state index in [2.05, 4.69) is 5.32 Å². The van der Waals surface area contributed by atoms with E-state index in [0.29, 0.717) is 28.0 Å². The number of rotatable bonds is 3. The summed E-state index contributed by atoms with van der Waals surface area (Å²) in [4.78, 5) is 26.7. The Morgan fingerprint density at radius 3 is 2.46 bits per heavy atom. The lowest BCUT2D eigenvalue weighted by molar-refractivity contribution is -0.122. The van der Waals surface area contributed by atoms with Crippen LogP contribution in [0.1, 0.15) is 23.1 Å². The predicted octanol–water partition coefficient (Wildman–Crippen LogP) is 4.91. The maximum absolute atomic E-state index is 12.6. The van der Waals surface area contributed by atoms with Gasteiger partial charge in [0.2, 0.25) is 11.8 Å². The molecule has 1 atom stereocenters. The molecule has 2 amide bonds. The lowest BCUT2D eigenvalue weighted by Crippen LogP contribution is -2.28. The van der Waals surface area contributed by atoms with Crippen LogP contribution in [-0.2, 0) is 9.59 Å². The Balaban J connectivity index is 1.77. The normalized spacial score (nSPS) is 16.9. The number of amides is 2. The molecule has 0 aliphatic carbocycles. The first-order valence-electron chi connectivity index (χ1n) is 8.40. The summed E-state index contributed by atoms with van der Waals surface area (Å²) < 4.78 is 0. The molecule has 0 aromatic heterocycles. The first kappa shape index (κ1) is 18.7. The Kier molecular flexibility index (Phi) is 5.26. The lowest BCUT2D eigenvalue weighted by atomic mass is 10.1. The molecule has 0 radical (unpaired) electrons. The lowest BCUT2D eigenvalue weighted by Gasteiger charge is -2.21. The zero-order valence-electron chi connectivity index (χ0n) is 14.9. The van der Waals surface area contributed by atoms with E-state index in [-0.39, 0.29) is 18.2 Å². The van der Waals surface area contributed by atoms with Gasteiger partial charge >= 0.3 is 0 Å². The first-order chi connectivity index (χ1) is 12.3. The molecule has 0 spiro atoms. The highest BCUT2D eigenvalue weighted by Gasteiger charge is 2.36. The smallest absolute Gasteiger partial charge is 0.229 e. The van der Waals surface area contributed by atoms with Crippen LogP contribution in [0.4, 0.5) is 11.4 Å². The van der Waals surface area contributed by atoms with Gasteiger partial charge in [0.25, 0.3) is 0 Å². The van der Waals surface area contributed by atoms with E-state index < -0.39 is 5.92 Å². The molecule has 1 aliphatic rings. The van der Waals surface area contributed by atoms with Crippen molar-refractivity contribution < 1.29 is 9.59 Å². The van der Waals surface area contributed by atoms with Gasteiger partial charge < -0.3 is 10.2 Å². The van der Waals surface area contributed by atoms with Gasteiger partial charge in [-0.25, -0.2) is 0 Å². The van der Waals surface area contributed by atoms with E-state index in [0.717, 1.165) is 16.7 Å². The molecule has 3 rings (SSSR count). The van der Waals surface area contributed by atoms with Crippen LogP contribution in [0.3, 0.4) is 0 Å². The molecule has 2 aromatic rings. The fourth-order valence-electron chi connectivity index (χ4n) is 3.26. The number of hydrogen-bond donors (Lipinski definition) is 1. The second-order valence-electron chi connectivity index (χ2n) is 6.77. The fourth-order valence-corrected chi connectivity index (χ4v) is 3.87. The summed E-state index contributed by atoms with van der Waals surface area (Å²) in [5.41, 5.74) is 4.22. The van der Waals surface area contributed by atoms with Crippen molar-refractivity contribution in [3.63, 3.8) is 0 Å². The quantitative estimate of drug-likeness (QED) is 0.808. The van der Waals surface area contributed by atoms with Gasteiger partial charge in [-0.2, -0.15) is 0 Å². The van der Waals surface area contributed by atoms with Gasteiger partial charge in [0, 0.05) is 23.7 Å². The van der Waals surface area contributed by atoms with Crippen LogP contribution in [0.5, 0.6) is 0 Å². The molecule has 26 heavy (non-hydrogen) atoms. The molecule has 136 valence electrons. The fraction of sp³-hybridized carbons (Fsp3) is 0.300. The summed E-state index contributed by atoms with van der Waals surface area (Å²) in [5.74, 6) is -0.720. The number of carbonyl (C=O) groups is 2. The van der Waals surface area contributed by atoms with Crippen molar-refractivity contribution in [2.75, 3.05) is 16.8 Å². The third-order valence-electron chi connectivity index (χ3n) is 4.60. The summed E-state index contributed by atoms with van der Waals surface area (Å²) in [6.07, 6.45) is 0.162. The molecule has 1 saturated heterocycles. The Hall–Kier alpha value is -2.04. The van der Waals surface area contributed by atoms with E-state index in [1.54, 1.807) is 17.0 Å². The minimum atomic E-state index is -0.431. The summed E-state index contributed by atoms with van der Waals surface area (Å²) in [6, 6.07) is 9.17. The van der Waals surface area contributed by atoms with E-state index in [1.807, 2.05) is 39.0 Å². The van der Waals surface area contributed by atoms with Gasteiger partial charge in [-0.1, -0.05) is 35.3 Å².